The Bertz CT molecular complexity index is 1490. The van der Waals surface area contributed by atoms with Gasteiger partial charge in [-0.2, -0.15) is 0 Å². The van der Waals surface area contributed by atoms with E-state index < -0.39 is 0 Å². The van der Waals surface area contributed by atoms with Crippen LogP contribution in [0.3, 0.4) is 0 Å². The molecule has 6 nitrogen and oxygen atoms in total. The maximum absolute atomic E-state index is 13.4. The number of aromatic nitrogens is 2. The molecule has 1 N–H and O–H groups in total. The number of likely N-dealkylation sites (N-methyl/N-ethyl adjacent to an activating group) is 1. The highest BCUT2D eigenvalue weighted by molar-refractivity contribution is 6.42. The van der Waals surface area contributed by atoms with E-state index in [1.165, 1.54) is 11.1 Å². The number of hydrogen-bond donors (Lipinski definition) is 1. The fourth-order valence-corrected chi connectivity index (χ4v) is 6.41. The molecule has 3 heterocycles. The van der Waals surface area contributed by atoms with E-state index in [1.807, 2.05) is 43.4 Å². The van der Waals surface area contributed by atoms with E-state index in [-0.39, 0.29) is 17.4 Å². The van der Waals surface area contributed by atoms with Gasteiger partial charge in [-0.15, -0.1) is 0 Å². The van der Waals surface area contributed by atoms with Crippen molar-refractivity contribution >= 4 is 40.1 Å². The van der Waals surface area contributed by atoms with Gasteiger partial charge >= 0.3 is 0 Å². The second-order valence-corrected chi connectivity index (χ2v) is 11.6. The van der Waals surface area contributed by atoms with Crippen LogP contribution < -0.4 is 0 Å². The van der Waals surface area contributed by atoms with Crippen molar-refractivity contribution in [3.8, 4) is 0 Å². The lowest BCUT2D eigenvalue weighted by Crippen LogP contribution is -2.43. The van der Waals surface area contributed by atoms with Crippen molar-refractivity contribution in [2.75, 3.05) is 33.2 Å². The molecule has 2 aliphatic rings. The number of imidazole rings is 1. The maximum atomic E-state index is 13.4. The minimum atomic E-state index is -0.140. The summed E-state index contributed by atoms with van der Waals surface area (Å²) < 4.78 is 6.36. The van der Waals surface area contributed by atoms with E-state index >= 15 is 0 Å². The molecule has 39 heavy (non-hydrogen) atoms. The summed E-state index contributed by atoms with van der Waals surface area (Å²) in [5, 5.41) is 1.07. The van der Waals surface area contributed by atoms with Gasteiger partial charge in [0.05, 0.1) is 39.6 Å². The van der Waals surface area contributed by atoms with Gasteiger partial charge in [-0.25, -0.2) is 4.98 Å². The maximum Gasteiger partial charge on any atom is 0.253 e. The summed E-state index contributed by atoms with van der Waals surface area (Å²) in [6.45, 7) is 4.20. The molecule has 0 radical (unpaired) electrons. The first-order chi connectivity index (χ1) is 18.9. The lowest BCUT2D eigenvalue weighted by Gasteiger charge is -2.40. The predicted octanol–water partition coefficient (Wildman–Crippen LogP) is 6.64. The second-order valence-electron chi connectivity index (χ2n) is 10.8. The van der Waals surface area contributed by atoms with E-state index in [9.17, 15) is 4.79 Å². The molecule has 1 atom stereocenters. The molecule has 0 aliphatic carbocycles. The van der Waals surface area contributed by atoms with Crippen molar-refractivity contribution in [3.05, 3.63) is 99.3 Å². The number of carbonyl (C=O) groups excluding carboxylic acids is 1. The largest absolute Gasteiger partial charge is 0.365 e. The molecule has 3 aromatic carbocycles. The molecule has 1 aromatic heterocycles. The molecule has 2 aliphatic heterocycles. The van der Waals surface area contributed by atoms with Crippen molar-refractivity contribution in [2.24, 2.45) is 0 Å². The fourth-order valence-electron chi connectivity index (χ4n) is 6.11. The van der Waals surface area contributed by atoms with Crippen molar-refractivity contribution in [2.45, 2.75) is 37.4 Å². The third-order valence-electron chi connectivity index (χ3n) is 8.39. The summed E-state index contributed by atoms with van der Waals surface area (Å²) >= 11 is 12.6. The molecule has 4 aromatic rings. The average molecular weight is 564 g/mol. The summed E-state index contributed by atoms with van der Waals surface area (Å²) in [5.41, 5.74) is 5.98. The molecule has 1 amide bonds. The first kappa shape index (κ1) is 26.3. The standard InChI is InChI=1S/C31H32Cl2N4O2/c1-36(30(38)22-7-9-28-29(17-22)35-20-34-28)18-23(21-6-8-26(32)27(33)16-21)10-13-37-14-11-31(12-15-37)25-5-3-2-4-24(25)19-39-31/h2-9,16-17,20,23H,10-15,18-19H2,1H3,(H,34,35)/t23-/m1/s1. The predicted molar refractivity (Wildman–Crippen MR) is 155 cm³/mol. The Hall–Kier alpha value is -2.90. The number of hydrogen-bond acceptors (Lipinski definition) is 4. The van der Waals surface area contributed by atoms with E-state index in [0.29, 0.717) is 28.8 Å². The fraction of sp³-hybridized carbons (Fsp3) is 0.355. The van der Waals surface area contributed by atoms with Crippen LogP contribution in [0.5, 0.6) is 0 Å². The number of ether oxygens (including phenoxy) is 1. The van der Waals surface area contributed by atoms with Gasteiger partial charge in [0, 0.05) is 38.2 Å². The number of nitrogens with one attached hydrogen (secondary N) is 1. The lowest BCUT2D eigenvalue weighted by molar-refractivity contribution is -0.0790. The number of nitrogens with zero attached hydrogens (tertiary/aromatic N) is 3. The van der Waals surface area contributed by atoms with Gasteiger partial charge in [-0.1, -0.05) is 53.5 Å². The van der Waals surface area contributed by atoms with Crippen LogP contribution in [0.2, 0.25) is 10.0 Å². The Balaban J connectivity index is 1.14. The van der Waals surface area contributed by atoms with Gasteiger partial charge in [-0.05, 0) is 72.8 Å². The minimum absolute atomic E-state index is 0.0199. The number of likely N-dealkylation sites (tertiary alicyclic amines) is 1. The molecule has 6 rings (SSSR count). The monoisotopic (exact) mass is 562 g/mol. The molecule has 202 valence electrons. The van der Waals surface area contributed by atoms with Crippen LogP contribution in [-0.2, 0) is 16.9 Å². The number of rotatable bonds is 7. The third kappa shape index (κ3) is 5.31. The molecule has 1 spiro atoms. The summed E-state index contributed by atoms with van der Waals surface area (Å²) in [4.78, 5) is 25.0. The zero-order valence-electron chi connectivity index (χ0n) is 22.0. The number of amides is 1. The smallest absolute Gasteiger partial charge is 0.253 e. The number of benzene rings is 3. The quantitative estimate of drug-likeness (QED) is 0.274. The highest BCUT2D eigenvalue weighted by atomic mass is 35.5. The zero-order chi connectivity index (χ0) is 27.0. The average Bonchev–Trinajstić information content (AvgIpc) is 3.58. The van der Waals surface area contributed by atoms with Crippen molar-refractivity contribution < 1.29 is 9.53 Å². The molecular formula is C31H32Cl2N4O2. The number of aromatic amines is 1. The summed E-state index contributed by atoms with van der Waals surface area (Å²) in [7, 11) is 1.86. The number of halogens is 2. The Kier molecular flexibility index (Phi) is 7.38. The van der Waals surface area contributed by atoms with E-state index in [0.717, 1.165) is 55.5 Å². The molecule has 0 unspecified atom stereocenters. The number of piperidine rings is 1. The van der Waals surface area contributed by atoms with E-state index in [2.05, 4.69) is 39.1 Å². The van der Waals surface area contributed by atoms with Gasteiger partial charge in [0.15, 0.2) is 0 Å². The topological polar surface area (TPSA) is 61.5 Å². The van der Waals surface area contributed by atoms with Crippen LogP contribution in [0.1, 0.15) is 52.2 Å². The van der Waals surface area contributed by atoms with Crippen LogP contribution in [-0.4, -0.2) is 58.9 Å². The molecular weight excluding hydrogens is 531 g/mol. The van der Waals surface area contributed by atoms with Crippen LogP contribution >= 0.6 is 23.2 Å². The Labute approximate surface area is 238 Å². The third-order valence-corrected chi connectivity index (χ3v) is 9.13. The highest BCUT2D eigenvalue weighted by Gasteiger charge is 2.42. The first-order valence-electron chi connectivity index (χ1n) is 13.5. The SMILES string of the molecule is CN(C[C@@H](CCN1CCC2(CC1)OCc1ccccc12)c1ccc(Cl)c(Cl)c1)C(=O)c1ccc2nc[nH]c2c1. The van der Waals surface area contributed by atoms with Gasteiger partial charge in [0.25, 0.3) is 5.91 Å². The number of fused-ring (bicyclic) bond motifs is 3. The summed E-state index contributed by atoms with van der Waals surface area (Å²) in [6, 6.07) is 20.0. The van der Waals surface area contributed by atoms with E-state index in [1.54, 1.807) is 11.2 Å². The van der Waals surface area contributed by atoms with Crippen LogP contribution in [0.25, 0.3) is 11.0 Å². The second kappa shape index (κ2) is 10.9. The number of carbonyl (C=O) groups is 1. The molecule has 0 bridgehead atoms. The Morgan fingerprint density at radius 2 is 1.92 bits per heavy atom. The van der Waals surface area contributed by atoms with Gasteiger partial charge in [-0.3, -0.25) is 4.79 Å². The van der Waals surface area contributed by atoms with Crippen LogP contribution in [0, 0.1) is 0 Å². The highest BCUT2D eigenvalue weighted by Crippen LogP contribution is 2.44. The molecule has 1 saturated heterocycles. The Morgan fingerprint density at radius 1 is 1.10 bits per heavy atom. The van der Waals surface area contributed by atoms with E-state index in [4.69, 9.17) is 27.9 Å². The number of H-pyrrole nitrogens is 1. The van der Waals surface area contributed by atoms with Crippen molar-refractivity contribution in [1.29, 1.82) is 0 Å². The van der Waals surface area contributed by atoms with Gasteiger partial charge < -0.3 is 19.5 Å². The zero-order valence-corrected chi connectivity index (χ0v) is 23.5. The molecule has 8 heteroatoms. The minimum Gasteiger partial charge on any atom is -0.365 e. The van der Waals surface area contributed by atoms with Crippen molar-refractivity contribution in [1.82, 2.24) is 19.8 Å². The lowest BCUT2D eigenvalue weighted by atomic mass is 9.83. The summed E-state index contributed by atoms with van der Waals surface area (Å²) in [5.74, 6) is 0.0949. The molecule has 1 fully saturated rings. The van der Waals surface area contributed by atoms with Crippen molar-refractivity contribution in [3.63, 3.8) is 0 Å². The first-order valence-corrected chi connectivity index (χ1v) is 14.3. The summed E-state index contributed by atoms with van der Waals surface area (Å²) in [6.07, 6.45) is 4.54. The van der Waals surface area contributed by atoms with Crippen LogP contribution in [0.15, 0.2) is 67.0 Å². The molecule has 0 saturated carbocycles. The van der Waals surface area contributed by atoms with Crippen LogP contribution in [0.4, 0.5) is 0 Å². The van der Waals surface area contributed by atoms with Gasteiger partial charge in [0.1, 0.15) is 0 Å². The normalized spacial score (nSPS) is 17.4. The Morgan fingerprint density at radius 3 is 2.74 bits per heavy atom. The van der Waals surface area contributed by atoms with Gasteiger partial charge in [0.2, 0.25) is 0 Å².